The van der Waals surface area contributed by atoms with Crippen LogP contribution in [0.1, 0.15) is 19.4 Å². The predicted molar refractivity (Wildman–Crippen MR) is 92.2 cm³/mol. The maximum atomic E-state index is 12.4. The molecule has 0 radical (unpaired) electrons. The van der Waals surface area contributed by atoms with E-state index in [0.717, 1.165) is 5.56 Å². The van der Waals surface area contributed by atoms with Crippen LogP contribution in [0, 0.1) is 5.41 Å². The quantitative estimate of drug-likeness (QED) is 0.823. The van der Waals surface area contributed by atoms with Gasteiger partial charge < -0.3 is 10.6 Å². The first-order valence-electron chi connectivity index (χ1n) is 7.29. The third-order valence-electron chi connectivity index (χ3n) is 3.56. The second kappa shape index (κ2) is 7.29. The van der Waals surface area contributed by atoms with Crippen molar-refractivity contribution < 1.29 is 9.59 Å². The maximum Gasteiger partial charge on any atom is 0.239 e. The molecular weight excluding hydrogens is 312 g/mol. The number of carbonyl (C=O) groups excluding carboxylic acids is 2. The minimum Gasteiger partial charge on any atom is -0.351 e. The van der Waals surface area contributed by atoms with Gasteiger partial charge in [-0.25, -0.2) is 0 Å². The van der Waals surface area contributed by atoms with Crippen LogP contribution >= 0.6 is 11.6 Å². The number of amides is 2. The number of anilines is 1. The maximum absolute atomic E-state index is 12.4. The largest absolute Gasteiger partial charge is 0.351 e. The van der Waals surface area contributed by atoms with Crippen LogP contribution in [0.5, 0.6) is 0 Å². The summed E-state index contributed by atoms with van der Waals surface area (Å²) in [5.74, 6) is -0.716. The van der Waals surface area contributed by atoms with E-state index in [1.165, 1.54) is 0 Å². The van der Waals surface area contributed by atoms with Crippen molar-refractivity contribution >= 4 is 29.1 Å². The molecule has 0 fully saturated rings. The van der Waals surface area contributed by atoms with Crippen LogP contribution in [0.3, 0.4) is 0 Å². The first-order chi connectivity index (χ1) is 10.9. The molecule has 0 bridgehead atoms. The molecule has 4 nitrogen and oxygen atoms in total. The summed E-state index contributed by atoms with van der Waals surface area (Å²) < 4.78 is 0. The Bertz CT molecular complexity index is 699. The number of halogens is 1. The summed E-state index contributed by atoms with van der Waals surface area (Å²) >= 11 is 6.06. The van der Waals surface area contributed by atoms with Crippen molar-refractivity contribution in [3.8, 4) is 0 Å². The number of rotatable bonds is 5. The second-order valence-corrected chi connectivity index (χ2v) is 6.13. The molecule has 0 spiro atoms. The van der Waals surface area contributed by atoms with Gasteiger partial charge >= 0.3 is 0 Å². The van der Waals surface area contributed by atoms with Gasteiger partial charge in [0.1, 0.15) is 5.41 Å². The van der Waals surface area contributed by atoms with Gasteiger partial charge in [0.2, 0.25) is 11.8 Å². The fourth-order valence-electron chi connectivity index (χ4n) is 1.95. The molecule has 0 aliphatic carbocycles. The SMILES string of the molecule is CC(C)(C(=O)NCc1ccccc1Cl)C(=O)Nc1ccccc1. The van der Waals surface area contributed by atoms with E-state index in [-0.39, 0.29) is 18.4 Å². The molecule has 120 valence electrons. The van der Waals surface area contributed by atoms with Gasteiger partial charge in [0.25, 0.3) is 0 Å². The normalized spacial score (nSPS) is 10.9. The molecule has 0 atom stereocenters. The molecule has 5 heteroatoms. The molecule has 2 rings (SSSR count). The van der Waals surface area contributed by atoms with E-state index in [2.05, 4.69) is 10.6 Å². The Morgan fingerprint density at radius 3 is 2.22 bits per heavy atom. The van der Waals surface area contributed by atoms with E-state index in [1.54, 1.807) is 32.0 Å². The number of carbonyl (C=O) groups is 2. The van der Waals surface area contributed by atoms with Gasteiger partial charge in [-0.1, -0.05) is 48.0 Å². The molecule has 0 aliphatic heterocycles. The zero-order valence-electron chi connectivity index (χ0n) is 13.1. The molecule has 23 heavy (non-hydrogen) atoms. The summed E-state index contributed by atoms with van der Waals surface area (Å²) in [4.78, 5) is 24.7. The van der Waals surface area contributed by atoms with Gasteiger partial charge in [-0.15, -0.1) is 0 Å². The zero-order chi connectivity index (χ0) is 16.9. The fraction of sp³-hybridized carbons (Fsp3) is 0.222. The lowest BCUT2D eigenvalue weighted by Crippen LogP contribution is -2.44. The van der Waals surface area contributed by atoms with E-state index in [0.29, 0.717) is 10.7 Å². The lowest BCUT2D eigenvalue weighted by molar-refractivity contribution is -0.138. The summed E-state index contributed by atoms with van der Waals surface area (Å²) in [5.41, 5.74) is 0.267. The van der Waals surface area contributed by atoms with Gasteiger partial charge in [0.15, 0.2) is 0 Å². The number of benzene rings is 2. The molecule has 2 aromatic carbocycles. The highest BCUT2D eigenvalue weighted by molar-refractivity contribution is 6.31. The van der Waals surface area contributed by atoms with Crippen molar-refractivity contribution in [3.05, 3.63) is 65.2 Å². The molecule has 2 N–H and O–H groups in total. The highest BCUT2D eigenvalue weighted by Gasteiger charge is 2.35. The summed E-state index contributed by atoms with van der Waals surface area (Å²) in [7, 11) is 0. The van der Waals surface area contributed by atoms with Gasteiger partial charge in [0.05, 0.1) is 0 Å². The van der Waals surface area contributed by atoms with E-state index < -0.39 is 5.41 Å². The number of hydrogen-bond acceptors (Lipinski definition) is 2. The van der Waals surface area contributed by atoms with Crippen molar-refractivity contribution in [2.24, 2.45) is 5.41 Å². The zero-order valence-corrected chi connectivity index (χ0v) is 13.9. The van der Waals surface area contributed by atoms with Crippen molar-refractivity contribution in [2.45, 2.75) is 20.4 Å². The van der Waals surface area contributed by atoms with Crippen LogP contribution in [0.15, 0.2) is 54.6 Å². The Balaban J connectivity index is 1.99. The Morgan fingerprint density at radius 1 is 0.957 bits per heavy atom. The Hall–Kier alpha value is -2.33. The van der Waals surface area contributed by atoms with E-state index in [4.69, 9.17) is 11.6 Å². The van der Waals surface area contributed by atoms with Crippen molar-refractivity contribution in [2.75, 3.05) is 5.32 Å². The first-order valence-corrected chi connectivity index (χ1v) is 7.67. The Morgan fingerprint density at radius 2 is 1.57 bits per heavy atom. The van der Waals surface area contributed by atoms with Crippen LogP contribution in [-0.2, 0) is 16.1 Å². The third kappa shape index (κ3) is 4.33. The minimum atomic E-state index is -1.20. The fourth-order valence-corrected chi connectivity index (χ4v) is 2.15. The monoisotopic (exact) mass is 330 g/mol. The molecular formula is C18H19ClN2O2. The molecule has 0 aliphatic rings. The average molecular weight is 331 g/mol. The van der Waals surface area contributed by atoms with Crippen molar-refractivity contribution in [1.29, 1.82) is 0 Å². The van der Waals surface area contributed by atoms with Crippen LogP contribution in [0.4, 0.5) is 5.69 Å². The predicted octanol–water partition coefficient (Wildman–Crippen LogP) is 3.62. The van der Waals surface area contributed by atoms with Crippen molar-refractivity contribution in [3.63, 3.8) is 0 Å². The lowest BCUT2D eigenvalue weighted by atomic mass is 9.90. The molecule has 0 unspecified atom stereocenters. The van der Waals surface area contributed by atoms with E-state index in [1.807, 2.05) is 36.4 Å². The summed E-state index contributed by atoms with van der Waals surface area (Å²) in [6.07, 6.45) is 0. The summed E-state index contributed by atoms with van der Waals surface area (Å²) in [5, 5.41) is 6.09. The van der Waals surface area contributed by atoms with Gasteiger partial charge in [-0.2, -0.15) is 0 Å². The van der Waals surface area contributed by atoms with Crippen molar-refractivity contribution in [1.82, 2.24) is 5.32 Å². The molecule has 2 aromatic rings. The van der Waals surface area contributed by atoms with Gasteiger partial charge in [-0.05, 0) is 37.6 Å². The van der Waals surface area contributed by atoms with E-state index in [9.17, 15) is 9.59 Å². The van der Waals surface area contributed by atoms with Gasteiger partial charge in [-0.3, -0.25) is 9.59 Å². The number of para-hydroxylation sites is 1. The number of nitrogens with one attached hydrogen (secondary N) is 2. The van der Waals surface area contributed by atoms with Crippen LogP contribution in [0.25, 0.3) is 0 Å². The third-order valence-corrected chi connectivity index (χ3v) is 3.93. The molecule has 0 heterocycles. The Kier molecular flexibility index (Phi) is 5.40. The van der Waals surface area contributed by atoms with E-state index >= 15 is 0 Å². The molecule has 0 aromatic heterocycles. The van der Waals surface area contributed by atoms with Crippen LogP contribution in [0.2, 0.25) is 5.02 Å². The summed E-state index contributed by atoms with van der Waals surface area (Å²) in [6, 6.07) is 16.3. The highest BCUT2D eigenvalue weighted by atomic mass is 35.5. The molecule has 0 saturated heterocycles. The first kappa shape index (κ1) is 17.0. The van der Waals surface area contributed by atoms with Crippen LogP contribution in [-0.4, -0.2) is 11.8 Å². The standard InChI is InChI=1S/C18H19ClN2O2/c1-18(2,17(23)21-14-9-4-3-5-10-14)16(22)20-12-13-8-6-7-11-15(13)19/h3-11H,12H2,1-2H3,(H,20,22)(H,21,23). The second-order valence-electron chi connectivity index (χ2n) is 5.72. The Labute approximate surface area is 140 Å². The average Bonchev–Trinajstić information content (AvgIpc) is 2.54. The highest BCUT2D eigenvalue weighted by Crippen LogP contribution is 2.20. The summed E-state index contributed by atoms with van der Waals surface area (Å²) in [6.45, 7) is 3.46. The molecule has 0 saturated carbocycles. The lowest BCUT2D eigenvalue weighted by Gasteiger charge is -2.23. The molecule has 2 amide bonds. The van der Waals surface area contributed by atoms with Crippen LogP contribution < -0.4 is 10.6 Å². The number of hydrogen-bond donors (Lipinski definition) is 2. The smallest absolute Gasteiger partial charge is 0.239 e. The minimum absolute atomic E-state index is 0.278. The van der Waals surface area contributed by atoms with Gasteiger partial charge in [0, 0.05) is 17.3 Å². The topological polar surface area (TPSA) is 58.2 Å².